The van der Waals surface area contributed by atoms with Gasteiger partial charge in [0.1, 0.15) is 0 Å². The lowest BCUT2D eigenvalue weighted by Crippen LogP contribution is -2.41. The first-order chi connectivity index (χ1) is 10.2. The van der Waals surface area contributed by atoms with Crippen LogP contribution in [0.5, 0.6) is 0 Å². The molecule has 6 nitrogen and oxygen atoms in total. The SMILES string of the molecule is NCC(F)(F)CNC(=O)c1cccc(S(=O)(=O)NC2CC2)c1. The van der Waals surface area contributed by atoms with Gasteiger partial charge in [-0.2, -0.15) is 0 Å². The molecule has 1 aliphatic carbocycles. The van der Waals surface area contributed by atoms with Crippen LogP contribution >= 0.6 is 0 Å². The molecule has 0 radical (unpaired) electrons. The Bertz CT molecular complexity index is 660. The number of carbonyl (C=O) groups excluding carboxylic acids is 1. The van der Waals surface area contributed by atoms with Crippen molar-refractivity contribution in [2.75, 3.05) is 13.1 Å². The van der Waals surface area contributed by atoms with Gasteiger partial charge < -0.3 is 11.1 Å². The van der Waals surface area contributed by atoms with Gasteiger partial charge in [0.2, 0.25) is 10.0 Å². The van der Waals surface area contributed by atoms with Crippen molar-refractivity contribution < 1.29 is 22.0 Å². The third-order valence-corrected chi connectivity index (χ3v) is 4.63. The zero-order valence-electron chi connectivity index (χ0n) is 11.7. The predicted octanol–water partition coefficient (Wildman–Crippen LogP) is 0.451. The summed E-state index contributed by atoms with van der Waals surface area (Å²) in [5.41, 5.74) is 4.87. The first kappa shape index (κ1) is 16.8. The van der Waals surface area contributed by atoms with Gasteiger partial charge in [0, 0.05) is 11.6 Å². The maximum Gasteiger partial charge on any atom is 0.277 e. The quantitative estimate of drug-likeness (QED) is 0.674. The molecule has 0 bridgehead atoms. The van der Waals surface area contributed by atoms with Crippen LogP contribution in [0.3, 0.4) is 0 Å². The number of halogens is 2. The van der Waals surface area contributed by atoms with Gasteiger partial charge in [-0.15, -0.1) is 0 Å². The van der Waals surface area contributed by atoms with E-state index >= 15 is 0 Å². The Kier molecular flexibility index (Phi) is 4.78. The lowest BCUT2D eigenvalue weighted by Gasteiger charge is -2.14. The van der Waals surface area contributed by atoms with Crippen molar-refractivity contribution in [2.45, 2.75) is 29.7 Å². The molecular formula is C13H17F2N3O3S. The molecular weight excluding hydrogens is 316 g/mol. The molecule has 22 heavy (non-hydrogen) atoms. The van der Waals surface area contributed by atoms with Crippen LogP contribution in [0, 0.1) is 0 Å². The summed E-state index contributed by atoms with van der Waals surface area (Å²) < 4.78 is 52.6. The molecule has 0 unspecified atom stereocenters. The molecule has 1 amide bonds. The summed E-state index contributed by atoms with van der Waals surface area (Å²) >= 11 is 0. The molecule has 0 aromatic heterocycles. The molecule has 9 heteroatoms. The number of rotatable bonds is 7. The van der Waals surface area contributed by atoms with Gasteiger partial charge in [-0.3, -0.25) is 4.79 Å². The smallest absolute Gasteiger partial charge is 0.277 e. The molecule has 4 N–H and O–H groups in total. The van der Waals surface area contributed by atoms with Crippen LogP contribution in [0.2, 0.25) is 0 Å². The molecule has 1 fully saturated rings. The Labute approximate surface area is 127 Å². The molecule has 0 heterocycles. The molecule has 1 saturated carbocycles. The van der Waals surface area contributed by atoms with Crippen LogP contribution in [-0.2, 0) is 10.0 Å². The fourth-order valence-corrected chi connectivity index (χ4v) is 3.03. The minimum Gasteiger partial charge on any atom is -0.346 e. The first-order valence-electron chi connectivity index (χ1n) is 6.72. The van der Waals surface area contributed by atoms with E-state index in [2.05, 4.69) is 4.72 Å². The normalized spacial score (nSPS) is 15.6. The van der Waals surface area contributed by atoms with E-state index in [4.69, 9.17) is 5.73 Å². The van der Waals surface area contributed by atoms with Crippen LogP contribution in [0.1, 0.15) is 23.2 Å². The van der Waals surface area contributed by atoms with Crippen molar-refractivity contribution in [3.63, 3.8) is 0 Å². The fourth-order valence-electron chi connectivity index (χ4n) is 1.68. The monoisotopic (exact) mass is 333 g/mol. The third-order valence-electron chi connectivity index (χ3n) is 3.11. The number of sulfonamides is 1. The molecule has 0 aliphatic heterocycles. The number of benzene rings is 1. The number of alkyl halides is 2. The number of nitrogens with one attached hydrogen (secondary N) is 2. The second kappa shape index (κ2) is 6.27. The van der Waals surface area contributed by atoms with Crippen LogP contribution in [0.4, 0.5) is 8.78 Å². The van der Waals surface area contributed by atoms with Gasteiger partial charge in [0.25, 0.3) is 11.8 Å². The molecule has 0 spiro atoms. The summed E-state index contributed by atoms with van der Waals surface area (Å²) in [5.74, 6) is -3.98. The summed E-state index contributed by atoms with van der Waals surface area (Å²) in [6.07, 6.45) is 1.57. The number of carbonyl (C=O) groups is 1. The van der Waals surface area contributed by atoms with E-state index in [0.29, 0.717) is 0 Å². The second-order valence-electron chi connectivity index (χ2n) is 5.17. The molecule has 2 rings (SSSR count). The predicted molar refractivity (Wildman–Crippen MR) is 76.1 cm³/mol. The van der Waals surface area contributed by atoms with Crippen molar-refractivity contribution in [3.05, 3.63) is 29.8 Å². The van der Waals surface area contributed by atoms with Gasteiger partial charge in [-0.05, 0) is 31.0 Å². The summed E-state index contributed by atoms with van der Waals surface area (Å²) in [4.78, 5) is 11.7. The highest BCUT2D eigenvalue weighted by atomic mass is 32.2. The molecule has 0 atom stereocenters. The molecule has 1 aliphatic rings. The van der Waals surface area contributed by atoms with Gasteiger partial charge >= 0.3 is 0 Å². The Morgan fingerprint density at radius 3 is 2.64 bits per heavy atom. The molecule has 122 valence electrons. The fraction of sp³-hybridized carbons (Fsp3) is 0.462. The lowest BCUT2D eigenvalue weighted by molar-refractivity contribution is 0.0118. The number of nitrogens with two attached hydrogens (primary N) is 1. The Hall–Kier alpha value is -1.58. The zero-order chi connectivity index (χ0) is 16.4. The zero-order valence-corrected chi connectivity index (χ0v) is 12.5. The van der Waals surface area contributed by atoms with Crippen LogP contribution in [-0.4, -0.2) is 39.4 Å². The number of hydrogen-bond acceptors (Lipinski definition) is 4. The van der Waals surface area contributed by atoms with Crippen molar-refractivity contribution in [2.24, 2.45) is 5.73 Å². The van der Waals surface area contributed by atoms with Gasteiger partial charge in [-0.25, -0.2) is 21.9 Å². The van der Waals surface area contributed by atoms with E-state index in [1.165, 1.54) is 18.2 Å². The number of amides is 1. The van der Waals surface area contributed by atoms with E-state index in [9.17, 15) is 22.0 Å². The van der Waals surface area contributed by atoms with Gasteiger partial charge in [0.05, 0.1) is 18.0 Å². The van der Waals surface area contributed by atoms with E-state index in [1.807, 2.05) is 5.32 Å². The Balaban J connectivity index is 2.09. The Morgan fingerprint density at radius 2 is 2.05 bits per heavy atom. The Morgan fingerprint density at radius 1 is 1.36 bits per heavy atom. The van der Waals surface area contributed by atoms with Crippen LogP contribution < -0.4 is 15.8 Å². The third kappa shape index (κ3) is 4.46. The second-order valence-corrected chi connectivity index (χ2v) is 6.88. The highest BCUT2D eigenvalue weighted by molar-refractivity contribution is 7.89. The molecule has 1 aromatic rings. The average Bonchev–Trinajstić information content (AvgIpc) is 3.28. The standard InChI is InChI=1S/C13H17F2N3O3S/c14-13(15,7-16)8-17-12(19)9-2-1-3-11(6-9)22(20,21)18-10-4-5-10/h1-3,6,10,18H,4-5,7-8,16H2,(H,17,19). The highest BCUT2D eigenvalue weighted by Crippen LogP contribution is 2.22. The summed E-state index contributed by atoms with van der Waals surface area (Å²) in [6.45, 7) is -1.79. The van der Waals surface area contributed by atoms with Gasteiger partial charge in [-0.1, -0.05) is 6.07 Å². The van der Waals surface area contributed by atoms with Crippen LogP contribution in [0.25, 0.3) is 0 Å². The van der Waals surface area contributed by atoms with Crippen LogP contribution in [0.15, 0.2) is 29.2 Å². The number of hydrogen-bond donors (Lipinski definition) is 3. The maximum atomic E-state index is 13.0. The summed E-state index contributed by atoms with van der Waals surface area (Å²) in [7, 11) is -3.70. The minimum absolute atomic E-state index is 0.00788. The highest BCUT2D eigenvalue weighted by Gasteiger charge is 2.29. The van der Waals surface area contributed by atoms with Gasteiger partial charge in [0.15, 0.2) is 0 Å². The van der Waals surface area contributed by atoms with E-state index in [1.54, 1.807) is 0 Å². The van der Waals surface area contributed by atoms with Crippen molar-refractivity contribution in [3.8, 4) is 0 Å². The summed E-state index contributed by atoms with van der Waals surface area (Å²) in [6, 6.07) is 5.17. The van der Waals surface area contributed by atoms with E-state index < -0.39 is 34.9 Å². The van der Waals surface area contributed by atoms with Crippen molar-refractivity contribution >= 4 is 15.9 Å². The van der Waals surface area contributed by atoms with E-state index in [0.717, 1.165) is 18.9 Å². The topological polar surface area (TPSA) is 101 Å². The molecule has 0 saturated heterocycles. The summed E-state index contributed by atoms with van der Waals surface area (Å²) in [5, 5.41) is 2.04. The van der Waals surface area contributed by atoms with Crippen molar-refractivity contribution in [1.82, 2.24) is 10.0 Å². The minimum atomic E-state index is -3.70. The molecule has 1 aromatic carbocycles. The maximum absolute atomic E-state index is 13.0. The van der Waals surface area contributed by atoms with E-state index in [-0.39, 0.29) is 16.5 Å². The van der Waals surface area contributed by atoms with Crippen molar-refractivity contribution in [1.29, 1.82) is 0 Å². The first-order valence-corrected chi connectivity index (χ1v) is 8.20. The average molecular weight is 333 g/mol. The lowest BCUT2D eigenvalue weighted by atomic mass is 10.2. The largest absolute Gasteiger partial charge is 0.346 e.